The summed E-state index contributed by atoms with van der Waals surface area (Å²) in [7, 11) is -0.368. The molecule has 2 aliphatic heterocycles. The van der Waals surface area contributed by atoms with Gasteiger partial charge in [-0.2, -0.15) is 0 Å². The second kappa shape index (κ2) is 6.89. The molecule has 1 saturated carbocycles. The van der Waals surface area contributed by atoms with Gasteiger partial charge in [-0.15, -0.1) is 0 Å². The first-order valence-electron chi connectivity index (χ1n) is 11.0. The molecular weight excluding hydrogens is 379 g/mol. The van der Waals surface area contributed by atoms with E-state index >= 15 is 0 Å². The molecule has 164 valence electrons. The smallest absolute Gasteiger partial charge is 0.444 e. The van der Waals surface area contributed by atoms with Gasteiger partial charge in [0, 0.05) is 25.3 Å². The summed E-state index contributed by atoms with van der Waals surface area (Å²) in [5.74, 6) is 0. The average molecular weight is 414 g/mol. The van der Waals surface area contributed by atoms with Crippen LogP contribution in [0.25, 0.3) is 0 Å². The number of carbonyl (C=O) groups excluding carboxylic acids is 1. The van der Waals surface area contributed by atoms with Crippen LogP contribution >= 0.6 is 0 Å². The molecule has 3 fully saturated rings. The van der Waals surface area contributed by atoms with Crippen LogP contribution in [-0.4, -0.2) is 60.1 Å². The van der Waals surface area contributed by atoms with E-state index in [4.69, 9.17) is 14.0 Å². The van der Waals surface area contributed by atoms with Crippen molar-refractivity contribution < 1.29 is 18.8 Å². The third-order valence-corrected chi connectivity index (χ3v) is 6.85. The van der Waals surface area contributed by atoms with Crippen molar-refractivity contribution in [2.24, 2.45) is 0 Å². The minimum absolute atomic E-state index is 0.0963. The summed E-state index contributed by atoms with van der Waals surface area (Å²) in [5.41, 5.74) is 0.903. The zero-order valence-corrected chi connectivity index (χ0v) is 19.4. The highest BCUT2D eigenvalue weighted by molar-refractivity contribution is 6.62. The number of piperazine rings is 1. The lowest BCUT2D eigenvalue weighted by atomic mass is 9.79. The van der Waals surface area contributed by atoms with E-state index in [1.165, 1.54) is 0 Å². The Bertz CT molecular complexity index is 813. The maximum Gasteiger partial charge on any atom is 0.494 e. The van der Waals surface area contributed by atoms with Gasteiger partial charge >= 0.3 is 13.2 Å². The molecule has 3 aliphatic rings. The lowest BCUT2D eigenvalue weighted by molar-refractivity contribution is 0.00578. The Morgan fingerprint density at radius 2 is 1.70 bits per heavy atom. The molecule has 1 aromatic carbocycles. The summed E-state index contributed by atoms with van der Waals surface area (Å²) in [6, 6.07) is 8.43. The minimum atomic E-state index is -0.471. The highest BCUT2D eigenvalue weighted by atomic mass is 16.7. The number of nitrogens with zero attached hydrogens (tertiary/aromatic N) is 2. The van der Waals surface area contributed by atoms with Gasteiger partial charge in [0.15, 0.2) is 0 Å². The Morgan fingerprint density at radius 1 is 1.07 bits per heavy atom. The van der Waals surface area contributed by atoms with Gasteiger partial charge in [0.2, 0.25) is 0 Å². The van der Waals surface area contributed by atoms with Crippen LogP contribution in [0.3, 0.4) is 0 Å². The molecule has 6 nitrogen and oxygen atoms in total. The summed E-state index contributed by atoms with van der Waals surface area (Å²) in [5, 5.41) is 0. The summed E-state index contributed by atoms with van der Waals surface area (Å²) in [6.45, 7) is 16.3. The highest BCUT2D eigenvalue weighted by Gasteiger charge is 2.55. The molecular formula is C23H35BN2O4. The normalized spacial score (nSPS) is 24.3. The van der Waals surface area contributed by atoms with Crippen molar-refractivity contribution in [3.8, 4) is 0 Å². The first kappa shape index (κ1) is 21.5. The van der Waals surface area contributed by atoms with Crippen molar-refractivity contribution in [2.75, 3.05) is 24.5 Å². The third kappa shape index (κ3) is 3.94. The molecule has 0 bridgehead atoms. The molecule has 0 aromatic heterocycles. The molecule has 0 N–H and O–H groups in total. The predicted octanol–water partition coefficient (Wildman–Crippen LogP) is 3.58. The van der Waals surface area contributed by atoms with Crippen molar-refractivity contribution in [1.29, 1.82) is 0 Å². The Hall–Kier alpha value is -1.73. The second-order valence-corrected chi connectivity index (χ2v) is 11.0. The fraction of sp³-hybridized carbons (Fsp3) is 0.696. The Balaban J connectivity index is 1.48. The molecule has 1 spiro atoms. The van der Waals surface area contributed by atoms with E-state index in [1.807, 2.05) is 25.7 Å². The van der Waals surface area contributed by atoms with Crippen LogP contribution in [0.15, 0.2) is 24.3 Å². The first-order chi connectivity index (χ1) is 13.8. The number of carbonyl (C=O) groups is 1. The zero-order chi connectivity index (χ0) is 21.9. The quantitative estimate of drug-likeness (QED) is 0.693. The van der Waals surface area contributed by atoms with Gasteiger partial charge in [-0.3, -0.25) is 4.90 Å². The Morgan fingerprint density at radius 3 is 2.27 bits per heavy atom. The summed E-state index contributed by atoms with van der Waals surface area (Å²) >= 11 is 0. The zero-order valence-electron chi connectivity index (χ0n) is 19.4. The summed E-state index contributed by atoms with van der Waals surface area (Å²) in [4.78, 5) is 17.0. The van der Waals surface area contributed by atoms with Gasteiger partial charge < -0.3 is 18.9 Å². The maximum atomic E-state index is 12.7. The van der Waals surface area contributed by atoms with Gasteiger partial charge in [0.25, 0.3) is 0 Å². The molecule has 0 radical (unpaired) electrons. The van der Waals surface area contributed by atoms with Crippen LogP contribution in [-0.2, 0) is 14.0 Å². The lowest BCUT2D eigenvalue weighted by Crippen LogP contribution is -2.58. The Kier molecular flexibility index (Phi) is 4.94. The van der Waals surface area contributed by atoms with Crippen molar-refractivity contribution >= 4 is 24.4 Å². The number of ether oxygens (including phenoxy) is 1. The van der Waals surface area contributed by atoms with Gasteiger partial charge in [-0.1, -0.05) is 12.1 Å². The number of anilines is 1. The molecule has 4 rings (SSSR count). The van der Waals surface area contributed by atoms with E-state index in [0.717, 1.165) is 37.1 Å². The Labute approximate surface area is 181 Å². The SMILES string of the molecule is CC(C)(C)OC(=O)N1CCN(c2cccc(B3OC(C)(C)C(C)(C)O3)c2)CC12CC2. The second-order valence-electron chi connectivity index (χ2n) is 11.0. The van der Waals surface area contributed by atoms with E-state index in [0.29, 0.717) is 6.54 Å². The predicted molar refractivity (Wildman–Crippen MR) is 119 cm³/mol. The van der Waals surface area contributed by atoms with Crippen LogP contribution < -0.4 is 10.4 Å². The molecule has 1 aliphatic carbocycles. The fourth-order valence-electron chi connectivity index (χ4n) is 4.22. The third-order valence-electron chi connectivity index (χ3n) is 6.85. The van der Waals surface area contributed by atoms with Gasteiger partial charge in [0.1, 0.15) is 5.60 Å². The number of hydrogen-bond acceptors (Lipinski definition) is 5. The fourth-order valence-corrected chi connectivity index (χ4v) is 4.22. The van der Waals surface area contributed by atoms with Gasteiger partial charge in [0.05, 0.1) is 16.7 Å². The standard InChI is InChI=1S/C23H35BN2O4/c1-20(2,3)28-19(27)26-14-13-25(16-23(26)11-12-23)18-10-8-9-17(15-18)24-29-21(4,5)22(6,7)30-24/h8-10,15H,11-14,16H2,1-7H3. The number of amides is 1. The van der Waals surface area contributed by atoms with Crippen LogP contribution in [0.4, 0.5) is 10.5 Å². The van der Waals surface area contributed by atoms with E-state index in [-0.39, 0.29) is 30.0 Å². The lowest BCUT2D eigenvalue weighted by Gasteiger charge is -2.43. The minimum Gasteiger partial charge on any atom is -0.444 e. The van der Waals surface area contributed by atoms with E-state index in [1.54, 1.807) is 0 Å². The largest absolute Gasteiger partial charge is 0.494 e. The monoisotopic (exact) mass is 414 g/mol. The van der Waals surface area contributed by atoms with Gasteiger partial charge in [-0.25, -0.2) is 4.79 Å². The molecule has 30 heavy (non-hydrogen) atoms. The maximum absolute atomic E-state index is 12.7. The molecule has 2 saturated heterocycles. The highest BCUT2D eigenvalue weighted by Crippen LogP contribution is 2.45. The molecule has 1 aromatic rings. The molecule has 0 atom stereocenters. The first-order valence-corrected chi connectivity index (χ1v) is 11.0. The summed E-state index contributed by atoms with van der Waals surface area (Å²) in [6.07, 6.45) is 1.87. The van der Waals surface area contributed by atoms with Crippen molar-refractivity contribution in [1.82, 2.24) is 4.90 Å². The number of benzene rings is 1. The molecule has 7 heteroatoms. The van der Waals surface area contributed by atoms with E-state index in [2.05, 4.69) is 56.9 Å². The van der Waals surface area contributed by atoms with E-state index in [9.17, 15) is 4.79 Å². The van der Waals surface area contributed by atoms with Crippen molar-refractivity contribution in [3.05, 3.63) is 24.3 Å². The number of rotatable bonds is 2. The number of hydrogen-bond donors (Lipinski definition) is 0. The van der Waals surface area contributed by atoms with Crippen LogP contribution in [0.1, 0.15) is 61.3 Å². The topological polar surface area (TPSA) is 51.2 Å². The van der Waals surface area contributed by atoms with Crippen molar-refractivity contribution in [3.63, 3.8) is 0 Å². The van der Waals surface area contributed by atoms with Crippen molar-refractivity contribution in [2.45, 2.75) is 83.6 Å². The van der Waals surface area contributed by atoms with Crippen LogP contribution in [0.5, 0.6) is 0 Å². The van der Waals surface area contributed by atoms with Crippen LogP contribution in [0.2, 0.25) is 0 Å². The van der Waals surface area contributed by atoms with Crippen LogP contribution in [0, 0.1) is 0 Å². The van der Waals surface area contributed by atoms with E-state index < -0.39 is 5.60 Å². The molecule has 0 unspecified atom stereocenters. The molecule has 1 amide bonds. The average Bonchev–Trinajstić information content (AvgIpc) is 3.33. The molecule has 2 heterocycles. The van der Waals surface area contributed by atoms with Gasteiger partial charge in [-0.05, 0) is 78.9 Å². The summed E-state index contributed by atoms with van der Waals surface area (Å²) < 4.78 is 18.1.